The summed E-state index contributed by atoms with van der Waals surface area (Å²) in [6.07, 6.45) is 0.720. The maximum atomic E-state index is 13.0. The number of nitrogens with zero attached hydrogens (tertiary/aromatic N) is 2. The summed E-state index contributed by atoms with van der Waals surface area (Å²) in [6.45, 7) is 0.526. The van der Waals surface area contributed by atoms with E-state index < -0.39 is 0 Å². The molecule has 1 heterocycles. The molecular formula is C25H23FN4OS2. The molecule has 0 aliphatic heterocycles. The number of hydrogen-bond donors (Lipinski definition) is 2. The van der Waals surface area contributed by atoms with E-state index in [2.05, 4.69) is 33.0 Å². The number of rotatable bonds is 10. The predicted molar refractivity (Wildman–Crippen MR) is 132 cm³/mol. The van der Waals surface area contributed by atoms with E-state index in [1.807, 2.05) is 48.5 Å². The molecule has 4 rings (SSSR count). The van der Waals surface area contributed by atoms with E-state index in [9.17, 15) is 9.18 Å². The summed E-state index contributed by atoms with van der Waals surface area (Å²) in [5, 5.41) is 15.3. The van der Waals surface area contributed by atoms with Crippen molar-refractivity contribution in [2.75, 3.05) is 11.1 Å². The zero-order chi connectivity index (χ0) is 22.9. The van der Waals surface area contributed by atoms with Crippen LogP contribution in [0.2, 0.25) is 0 Å². The number of nitrogens with one attached hydrogen (secondary N) is 2. The summed E-state index contributed by atoms with van der Waals surface area (Å²) in [6, 6.07) is 26.3. The van der Waals surface area contributed by atoms with Gasteiger partial charge >= 0.3 is 0 Å². The van der Waals surface area contributed by atoms with Crippen LogP contribution in [0.1, 0.15) is 22.7 Å². The molecule has 0 bridgehead atoms. The van der Waals surface area contributed by atoms with Crippen LogP contribution in [-0.2, 0) is 17.8 Å². The Kier molecular flexibility index (Phi) is 8.05. The van der Waals surface area contributed by atoms with Crippen LogP contribution in [0, 0.1) is 5.82 Å². The van der Waals surface area contributed by atoms with Gasteiger partial charge in [-0.25, -0.2) is 4.39 Å². The molecule has 2 N–H and O–H groups in total. The lowest BCUT2D eigenvalue weighted by molar-refractivity contribution is -0.119. The molecular weight excluding hydrogens is 455 g/mol. The van der Waals surface area contributed by atoms with Crippen molar-refractivity contribution in [3.8, 4) is 0 Å². The van der Waals surface area contributed by atoms with Gasteiger partial charge in [-0.1, -0.05) is 95.9 Å². The van der Waals surface area contributed by atoms with Crippen molar-refractivity contribution in [1.29, 1.82) is 0 Å². The molecule has 0 radical (unpaired) electrons. The van der Waals surface area contributed by atoms with Crippen molar-refractivity contribution < 1.29 is 9.18 Å². The molecule has 0 aliphatic carbocycles. The van der Waals surface area contributed by atoms with E-state index >= 15 is 0 Å². The quantitative estimate of drug-likeness (QED) is 0.295. The van der Waals surface area contributed by atoms with Crippen molar-refractivity contribution in [2.45, 2.75) is 23.3 Å². The minimum atomic E-state index is -0.259. The second-order valence-corrected chi connectivity index (χ2v) is 9.56. The number of thioether (sulfide) groups is 1. The van der Waals surface area contributed by atoms with Crippen LogP contribution in [0.15, 0.2) is 89.3 Å². The highest BCUT2D eigenvalue weighted by molar-refractivity contribution is 8.01. The second-order valence-electron chi connectivity index (χ2n) is 7.36. The summed E-state index contributed by atoms with van der Waals surface area (Å²) >= 11 is 2.75. The molecule has 4 aromatic rings. The summed E-state index contributed by atoms with van der Waals surface area (Å²) in [4.78, 5) is 12.7. The molecule has 1 unspecified atom stereocenters. The number of benzene rings is 3. The largest absolute Gasteiger partial charge is 0.356 e. The fourth-order valence-electron chi connectivity index (χ4n) is 3.27. The molecule has 5 nitrogen and oxygen atoms in total. The zero-order valence-electron chi connectivity index (χ0n) is 17.8. The molecule has 33 heavy (non-hydrogen) atoms. The van der Waals surface area contributed by atoms with Crippen LogP contribution >= 0.6 is 23.1 Å². The van der Waals surface area contributed by atoms with Crippen LogP contribution in [0.25, 0.3) is 0 Å². The standard InChI is InChI=1S/C25H23FN4OS2/c26-21-13-11-19(12-14-21)16-27-24-29-30-25(33-24)32-17-23(31)28-22(20-9-5-2-6-10-20)15-18-7-3-1-4-8-18/h1-14,22H,15-17H2,(H,27,29)(H,28,31). The van der Waals surface area contributed by atoms with Crippen molar-refractivity contribution in [3.05, 3.63) is 107 Å². The third kappa shape index (κ3) is 7.13. The first-order valence-electron chi connectivity index (χ1n) is 10.5. The highest BCUT2D eigenvalue weighted by Gasteiger charge is 2.16. The molecule has 0 fully saturated rings. The first-order chi connectivity index (χ1) is 16.2. The number of carbonyl (C=O) groups excluding carboxylic acids is 1. The Morgan fingerprint density at radius 3 is 2.33 bits per heavy atom. The van der Waals surface area contributed by atoms with E-state index in [1.165, 1.54) is 40.8 Å². The predicted octanol–water partition coefficient (Wildman–Crippen LogP) is 5.48. The normalized spacial score (nSPS) is 11.7. The third-order valence-corrected chi connectivity index (χ3v) is 6.92. The highest BCUT2D eigenvalue weighted by atomic mass is 32.2. The minimum absolute atomic E-state index is 0.0548. The van der Waals surface area contributed by atoms with Gasteiger partial charge in [0, 0.05) is 6.54 Å². The summed E-state index contributed by atoms with van der Waals surface area (Å²) in [5.41, 5.74) is 3.19. The fourth-order valence-corrected chi connectivity index (χ4v) is 4.83. The van der Waals surface area contributed by atoms with E-state index in [4.69, 9.17) is 0 Å². The molecule has 8 heteroatoms. The lowest BCUT2D eigenvalue weighted by atomic mass is 9.99. The van der Waals surface area contributed by atoms with Crippen LogP contribution in [0.5, 0.6) is 0 Å². The van der Waals surface area contributed by atoms with Crippen molar-refractivity contribution in [2.24, 2.45) is 0 Å². The molecule has 1 amide bonds. The topological polar surface area (TPSA) is 66.9 Å². The van der Waals surface area contributed by atoms with Crippen LogP contribution in [0.4, 0.5) is 9.52 Å². The monoisotopic (exact) mass is 478 g/mol. The van der Waals surface area contributed by atoms with Gasteiger partial charge in [0.1, 0.15) is 5.82 Å². The molecule has 0 saturated heterocycles. The third-order valence-electron chi connectivity index (χ3n) is 4.91. The summed E-state index contributed by atoms with van der Waals surface area (Å²) in [7, 11) is 0. The molecule has 1 atom stereocenters. The van der Waals surface area contributed by atoms with E-state index in [0.29, 0.717) is 16.0 Å². The highest BCUT2D eigenvalue weighted by Crippen LogP contribution is 2.26. The molecule has 0 saturated carbocycles. The van der Waals surface area contributed by atoms with Crippen LogP contribution in [0.3, 0.4) is 0 Å². The first kappa shape index (κ1) is 22.9. The van der Waals surface area contributed by atoms with Gasteiger partial charge in [-0.3, -0.25) is 4.79 Å². The molecule has 0 spiro atoms. The smallest absolute Gasteiger partial charge is 0.230 e. The Labute approximate surface area is 200 Å². The summed E-state index contributed by atoms with van der Waals surface area (Å²) in [5.74, 6) is -0.0595. The van der Waals surface area contributed by atoms with Gasteiger partial charge in [-0.05, 0) is 35.2 Å². The zero-order valence-corrected chi connectivity index (χ0v) is 19.4. The number of amides is 1. The number of aromatic nitrogens is 2. The number of hydrogen-bond acceptors (Lipinski definition) is 6. The van der Waals surface area contributed by atoms with E-state index in [0.717, 1.165) is 17.5 Å². The Morgan fingerprint density at radius 2 is 1.61 bits per heavy atom. The number of anilines is 1. The van der Waals surface area contributed by atoms with Gasteiger partial charge in [-0.15, -0.1) is 10.2 Å². The minimum Gasteiger partial charge on any atom is -0.356 e. The van der Waals surface area contributed by atoms with Crippen molar-refractivity contribution in [3.63, 3.8) is 0 Å². The van der Waals surface area contributed by atoms with Gasteiger partial charge in [0.05, 0.1) is 11.8 Å². The van der Waals surface area contributed by atoms with Crippen LogP contribution in [-0.4, -0.2) is 21.9 Å². The molecule has 168 valence electrons. The summed E-state index contributed by atoms with van der Waals surface area (Å²) < 4.78 is 13.7. The lowest BCUT2D eigenvalue weighted by Gasteiger charge is -2.19. The number of halogens is 1. The van der Waals surface area contributed by atoms with Gasteiger partial charge in [0.15, 0.2) is 4.34 Å². The number of carbonyl (C=O) groups is 1. The maximum Gasteiger partial charge on any atom is 0.230 e. The van der Waals surface area contributed by atoms with Gasteiger partial charge in [0.2, 0.25) is 11.0 Å². The molecule has 0 aliphatic rings. The van der Waals surface area contributed by atoms with E-state index in [-0.39, 0.29) is 23.5 Å². The second kappa shape index (κ2) is 11.6. The average Bonchev–Trinajstić information content (AvgIpc) is 3.31. The average molecular weight is 479 g/mol. The Balaban J connectivity index is 1.30. The Morgan fingerprint density at radius 1 is 0.909 bits per heavy atom. The van der Waals surface area contributed by atoms with Gasteiger partial charge in [0.25, 0.3) is 0 Å². The lowest BCUT2D eigenvalue weighted by Crippen LogP contribution is -2.31. The molecule has 1 aromatic heterocycles. The van der Waals surface area contributed by atoms with Gasteiger partial charge < -0.3 is 10.6 Å². The Hall–Kier alpha value is -3.23. The molecule has 3 aromatic carbocycles. The SMILES string of the molecule is O=C(CSc1nnc(NCc2ccc(F)cc2)s1)NC(Cc1ccccc1)c1ccccc1. The fraction of sp³-hybridized carbons (Fsp3) is 0.160. The Bertz CT molecular complexity index is 1150. The van der Waals surface area contributed by atoms with Crippen LogP contribution < -0.4 is 10.6 Å². The maximum absolute atomic E-state index is 13.0. The van der Waals surface area contributed by atoms with E-state index in [1.54, 1.807) is 12.1 Å². The van der Waals surface area contributed by atoms with Crippen molar-refractivity contribution >= 4 is 34.1 Å². The van der Waals surface area contributed by atoms with Gasteiger partial charge in [-0.2, -0.15) is 0 Å². The first-order valence-corrected chi connectivity index (χ1v) is 12.3. The van der Waals surface area contributed by atoms with Crippen molar-refractivity contribution in [1.82, 2.24) is 15.5 Å².